The summed E-state index contributed by atoms with van der Waals surface area (Å²) in [6, 6.07) is 9.83. The molecule has 3 rings (SSSR count). The fraction of sp³-hybridized carbons (Fsp3) is 0.312. The summed E-state index contributed by atoms with van der Waals surface area (Å²) in [5.74, 6) is 0.987. The van der Waals surface area contributed by atoms with E-state index in [9.17, 15) is 4.79 Å². The number of carbonyl (C=O) groups is 1. The van der Waals surface area contributed by atoms with Crippen LogP contribution in [-0.4, -0.2) is 39.0 Å². The summed E-state index contributed by atoms with van der Waals surface area (Å²) in [5.41, 5.74) is 0.876. The lowest BCUT2D eigenvalue weighted by molar-refractivity contribution is -0.127. The van der Waals surface area contributed by atoms with Crippen molar-refractivity contribution in [1.82, 2.24) is 15.2 Å². The molecule has 0 unspecified atom stereocenters. The maximum atomic E-state index is 12.5. The number of hydrogen-bond donors (Lipinski definition) is 1. The summed E-state index contributed by atoms with van der Waals surface area (Å²) >= 11 is 7.06. The first-order valence-electron chi connectivity index (χ1n) is 7.14. The largest absolute Gasteiger partial charge is 0.350 e. The van der Waals surface area contributed by atoms with E-state index in [1.54, 1.807) is 22.9 Å². The van der Waals surface area contributed by atoms with Crippen molar-refractivity contribution in [3.63, 3.8) is 0 Å². The van der Waals surface area contributed by atoms with Crippen LogP contribution in [0.5, 0.6) is 0 Å². The Morgan fingerprint density at radius 3 is 3.00 bits per heavy atom. The van der Waals surface area contributed by atoms with Crippen molar-refractivity contribution < 1.29 is 4.79 Å². The molecular weight excluding hydrogens is 314 g/mol. The molecule has 1 amide bonds. The number of pyridine rings is 1. The third-order valence-corrected chi connectivity index (χ3v) is 4.76. The van der Waals surface area contributed by atoms with Crippen molar-refractivity contribution in [3.05, 3.63) is 42.2 Å². The summed E-state index contributed by atoms with van der Waals surface area (Å²) in [4.78, 5) is 18.6. The maximum Gasteiger partial charge on any atom is 0.251 e. The second-order valence-corrected chi connectivity index (χ2v) is 6.56. The molecule has 1 saturated heterocycles. The normalized spacial score (nSPS) is 18.0. The van der Waals surface area contributed by atoms with E-state index in [0.717, 1.165) is 28.6 Å². The Bertz CT molecular complexity index is 714. The van der Waals surface area contributed by atoms with Gasteiger partial charge in [0.05, 0.1) is 12.2 Å². The van der Waals surface area contributed by atoms with Crippen molar-refractivity contribution in [1.29, 1.82) is 0 Å². The zero-order valence-corrected chi connectivity index (χ0v) is 13.9. The van der Waals surface area contributed by atoms with Gasteiger partial charge in [0.15, 0.2) is 5.11 Å². The SMILES string of the molecule is CSCC[C@@H]1NC(=S)N(Cc2nccc3ccccc23)C1=O. The lowest BCUT2D eigenvalue weighted by Crippen LogP contribution is -2.31. The Hall–Kier alpha value is -1.66. The van der Waals surface area contributed by atoms with Crippen LogP contribution in [-0.2, 0) is 11.3 Å². The molecule has 1 aliphatic heterocycles. The standard InChI is InChI=1S/C16H17N3OS2/c1-22-9-7-13-15(20)19(16(21)18-13)10-14-12-5-3-2-4-11(12)6-8-17-14/h2-6,8,13H,7,9-10H2,1H3,(H,18,21)/t13-/m0/s1. The second kappa shape index (κ2) is 6.62. The van der Waals surface area contributed by atoms with Crippen molar-refractivity contribution in [2.75, 3.05) is 12.0 Å². The number of thiocarbonyl (C=S) groups is 1. The number of hydrogen-bond acceptors (Lipinski definition) is 4. The van der Waals surface area contributed by atoms with Crippen LogP contribution in [0.3, 0.4) is 0 Å². The molecule has 1 N–H and O–H groups in total. The van der Waals surface area contributed by atoms with Crippen LogP contribution >= 0.6 is 24.0 Å². The molecule has 0 bridgehead atoms. The van der Waals surface area contributed by atoms with Gasteiger partial charge in [0.2, 0.25) is 0 Å². The highest BCUT2D eigenvalue weighted by Gasteiger charge is 2.35. The Labute approximate surface area is 139 Å². The lowest BCUT2D eigenvalue weighted by atomic mass is 10.1. The first-order valence-corrected chi connectivity index (χ1v) is 8.94. The van der Waals surface area contributed by atoms with Gasteiger partial charge in [-0.3, -0.25) is 14.7 Å². The molecule has 1 aliphatic rings. The molecule has 0 saturated carbocycles. The van der Waals surface area contributed by atoms with Crippen molar-refractivity contribution in [3.8, 4) is 0 Å². The Kier molecular flexibility index (Phi) is 4.59. The predicted molar refractivity (Wildman–Crippen MR) is 94.8 cm³/mol. The number of amides is 1. The molecule has 2 aromatic rings. The average molecular weight is 331 g/mol. The number of nitrogens with zero attached hydrogens (tertiary/aromatic N) is 2. The zero-order valence-electron chi connectivity index (χ0n) is 12.3. The highest BCUT2D eigenvalue weighted by Crippen LogP contribution is 2.20. The maximum absolute atomic E-state index is 12.5. The van der Waals surface area contributed by atoms with E-state index in [-0.39, 0.29) is 11.9 Å². The molecule has 1 aromatic heterocycles. The van der Waals surface area contributed by atoms with Gasteiger partial charge in [0, 0.05) is 11.6 Å². The predicted octanol–water partition coefficient (Wildman–Crippen LogP) is 2.57. The average Bonchev–Trinajstić information content (AvgIpc) is 2.81. The molecule has 1 fully saturated rings. The molecule has 1 atom stereocenters. The molecule has 1 aromatic carbocycles. The fourth-order valence-corrected chi connectivity index (χ4v) is 3.38. The number of thioether (sulfide) groups is 1. The minimum atomic E-state index is -0.199. The summed E-state index contributed by atoms with van der Waals surface area (Å²) in [6.07, 6.45) is 4.61. The molecule has 114 valence electrons. The van der Waals surface area contributed by atoms with Gasteiger partial charge >= 0.3 is 0 Å². The van der Waals surface area contributed by atoms with Gasteiger partial charge in [-0.05, 0) is 42.1 Å². The van der Waals surface area contributed by atoms with Crippen molar-refractivity contribution in [2.45, 2.75) is 19.0 Å². The van der Waals surface area contributed by atoms with E-state index in [1.165, 1.54) is 0 Å². The first kappa shape index (κ1) is 15.2. The molecule has 0 spiro atoms. The number of rotatable bonds is 5. The highest BCUT2D eigenvalue weighted by molar-refractivity contribution is 7.98. The smallest absolute Gasteiger partial charge is 0.251 e. The zero-order chi connectivity index (χ0) is 15.5. The summed E-state index contributed by atoms with van der Waals surface area (Å²) < 4.78 is 0. The van der Waals surface area contributed by atoms with Gasteiger partial charge in [-0.15, -0.1) is 0 Å². The lowest BCUT2D eigenvalue weighted by Gasteiger charge is -2.15. The van der Waals surface area contributed by atoms with E-state index in [4.69, 9.17) is 12.2 Å². The number of benzene rings is 1. The van der Waals surface area contributed by atoms with Crippen LogP contribution in [0.1, 0.15) is 12.1 Å². The van der Waals surface area contributed by atoms with Gasteiger partial charge in [0.1, 0.15) is 6.04 Å². The van der Waals surface area contributed by atoms with Gasteiger partial charge in [-0.25, -0.2) is 0 Å². The number of nitrogens with one attached hydrogen (secondary N) is 1. The molecule has 22 heavy (non-hydrogen) atoms. The first-order chi connectivity index (χ1) is 10.7. The van der Waals surface area contributed by atoms with Gasteiger partial charge in [0.25, 0.3) is 5.91 Å². The number of carbonyl (C=O) groups excluding carboxylic acids is 1. The van der Waals surface area contributed by atoms with Crippen molar-refractivity contribution >= 4 is 45.8 Å². The molecule has 4 nitrogen and oxygen atoms in total. The van der Waals surface area contributed by atoms with Crippen LogP contribution in [0, 0.1) is 0 Å². The quantitative estimate of drug-likeness (QED) is 0.853. The molecule has 0 radical (unpaired) electrons. The van der Waals surface area contributed by atoms with Gasteiger partial charge in [-0.2, -0.15) is 11.8 Å². The monoisotopic (exact) mass is 331 g/mol. The fourth-order valence-electron chi connectivity index (χ4n) is 2.62. The van der Waals surface area contributed by atoms with E-state index in [2.05, 4.69) is 10.3 Å². The van der Waals surface area contributed by atoms with E-state index < -0.39 is 0 Å². The summed E-state index contributed by atoms with van der Waals surface area (Å²) in [7, 11) is 0. The summed E-state index contributed by atoms with van der Waals surface area (Å²) in [6.45, 7) is 0.418. The molecule has 0 aliphatic carbocycles. The minimum absolute atomic E-state index is 0.0498. The topological polar surface area (TPSA) is 45.2 Å². The van der Waals surface area contributed by atoms with Crippen LogP contribution in [0.4, 0.5) is 0 Å². The van der Waals surface area contributed by atoms with E-state index >= 15 is 0 Å². The molecular formula is C16H17N3OS2. The third kappa shape index (κ3) is 2.94. The molecule has 6 heteroatoms. The molecule has 2 heterocycles. The second-order valence-electron chi connectivity index (χ2n) is 5.19. The van der Waals surface area contributed by atoms with E-state index in [0.29, 0.717) is 11.7 Å². The third-order valence-electron chi connectivity index (χ3n) is 3.78. The van der Waals surface area contributed by atoms with Crippen LogP contribution in [0.2, 0.25) is 0 Å². The van der Waals surface area contributed by atoms with Gasteiger partial charge < -0.3 is 5.32 Å². The minimum Gasteiger partial charge on any atom is -0.350 e. The Morgan fingerprint density at radius 1 is 1.36 bits per heavy atom. The Morgan fingerprint density at radius 2 is 2.18 bits per heavy atom. The number of fused-ring (bicyclic) bond motifs is 1. The van der Waals surface area contributed by atoms with Crippen molar-refractivity contribution in [2.24, 2.45) is 0 Å². The van der Waals surface area contributed by atoms with E-state index in [1.807, 2.05) is 36.6 Å². The van der Waals surface area contributed by atoms with Crippen LogP contribution in [0.25, 0.3) is 10.8 Å². The summed E-state index contributed by atoms with van der Waals surface area (Å²) in [5, 5.41) is 5.81. The number of aromatic nitrogens is 1. The van der Waals surface area contributed by atoms with Crippen LogP contribution < -0.4 is 5.32 Å². The van der Waals surface area contributed by atoms with Gasteiger partial charge in [-0.1, -0.05) is 24.3 Å². The Balaban J connectivity index is 1.83. The highest BCUT2D eigenvalue weighted by atomic mass is 32.2. The van der Waals surface area contributed by atoms with Crippen LogP contribution in [0.15, 0.2) is 36.5 Å².